The fourth-order valence-corrected chi connectivity index (χ4v) is 2.92. The zero-order chi connectivity index (χ0) is 12.7. The second-order valence-electron chi connectivity index (χ2n) is 5.66. The summed E-state index contributed by atoms with van der Waals surface area (Å²) in [6, 6.07) is 4.96. The van der Waals surface area contributed by atoms with Crippen LogP contribution in [0.5, 0.6) is 0 Å². The first-order valence-electron chi connectivity index (χ1n) is 6.01. The predicted molar refractivity (Wildman–Crippen MR) is 67.7 cm³/mol. The molecule has 1 nitrogen and oxygen atoms in total. The highest BCUT2D eigenvalue weighted by Crippen LogP contribution is 2.47. The molecule has 2 rings (SSSR count). The number of hydrogen-bond acceptors (Lipinski definition) is 1. The van der Waals surface area contributed by atoms with Crippen LogP contribution in [0.3, 0.4) is 0 Å². The van der Waals surface area contributed by atoms with Gasteiger partial charge in [-0.1, -0.05) is 37.6 Å². The molecule has 1 aromatic rings. The van der Waals surface area contributed by atoms with Crippen LogP contribution in [0.15, 0.2) is 18.2 Å². The summed E-state index contributed by atoms with van der Waals surface area (Å²) in [6.07, 6.45) is 3.04. The standard InChI is InChI=1S/C14H18ClFO/c1-13(2)7-4-8-14(13,17)9-10-5-3-6-11(15)12(10)16/h3,5-6,17H,4,7-9H2,1-2H3. The van der Waals surface area contributed by atoms with E-state index in [1.54, 1.807) is 12.1 Å². The highest BCUT2D eigenvalue weighted by Gasteiger charge is 2.47. The van der Waals surface area contributed by atoms with Crippen molar-refractivity contribution in [2.45, 2.75) is 45.1 Å². The smallest absolute Gasteiger partial charge is 0.145 e. The molecule has 17 heavy (non-hydrogen) atoms. The Morgan fingerprint density at radius 3 is 2.65 bits per heavy atom. The third-order valence-electron chi connectivity index (χ3n) is 4.17. The van der Waals surface area contributed by atoms with Crippen LogP contribution in [0.1, 0.15) is 38.7 Å². The fourth-order valence-electron chi connectivity index (χ4n) is 2.72. The minimum atomic E-state index is -0.821. The number of halogens is 2. The third-order valence-corrected chi connectivity index (χ3v) is 4.46. The SMILES string of the molecule is CC1(C)CCCC1(O)Cc1cccc(Cl)c1F. The average Bonchev–Trinajstić information content (AvgIpc) is 2.49. The molecule has 1 aromatic carbocycles. The summed E-state index contributed by atoms with van der Waals surface area (Å²) in [5, 5.41) is 10.8. The van der Waals surface area contributed by atoms with E-state index in [2.05, 4.69) is 0 Å². The molecule has 1 saturated carbocycles. The molecule has 1 N–H and O–H groups in total. The zero-order valence-electron chi connectivity index (χ0n) is 10.3. The van der Waals surface area contributed by atoms with Gasteiger partial charge in [0.15, 0.2) is 0 Å². The van der Waals surface area contributed by atoms with Gasteiger partial charge in [-0.25, -0.2) is 4.39 Å². The Labute approximate surface area is 107 Å². The van der Waals surface area contributed by atoms with Crippen molar-refractivity contribution in [1.82, 2.24) is 0 Å². The normalized spacial score (nSPS) is 27.4. The maximum Gasteiger partial charge on any atom is 0.145 e. The van der Waals surface area contributed by atoms with Gasteiger partial charge in [0.2, 0.25) is 0 Å². The molecule has 1 aliphatic rings. The Bertz CT molecular complexity index is 430. The van der Waals surface area contributed by atoms with Gasteiger partial charge in [0.05, 0.1) is 10.6 Å². The highest BCUT2D eigenvalue weighted by atomic mass is 35.5. The Morgan fingerprint density at radius 1 is 1.35 bits per heavy atom. The Balaban J connectivity index is 2.29. The van der Waals surface area contributed by atoms with E-state index in [1.165, 1.54) is 6.07 Å². The minimum absolute atomic E-state index is 0.127. The van der Waals surface area contributed by atoms with E-state index in [-0.39, 0.29) is 10.4 Å². The summed E-state index contributed by atoms with van der Waals surface area (Å²) in [5.74, 6) is -0.398. The van der Waals surface area contributed by atoms with Crippen LogP contribution in [0.4, 0.5) is 4.39 Å². The number of aliphatic hydroxyl groups is 1. The van der Waals surface area contributed by atoms with Crippen molar-refractivity contribution in [2.75, 3.05) is 0 Å². The maximum atomic E-state index is 13.8. The number of benzene rings is 1. The van der Waals surface area contributed by atoms with Crippen molar-refractivity contribution < 1.29 is 9.50 Å². The molecule has 1 aliphatic carbocycles. The lowest BCUT2D eigenvalue weighted by Crippen LogP contribution is -2.42. The van der Waals surface area contributed by atoms with Crippen LogP contribution in [0, 0.1) is 11.2 Å². The van der Waals surface area contributed by atoms with Gasteiger partial charge in [-0.05, 0) is 36.3 Å². The van der Waals surface area contributed by atoms with E-state index in [9.17, 15) is 9.50 Å². The van der Waals surface area contributed by atoms with Crippen molar-refractivity contribution in [3.63, 3.8) is 0 Å². The molecule has 3 heteroatoms. The van der Waals surface area contributed by atoms with Gasteiger partial charge in [0.25, 0.3) is 0 Å². The van der Waals surface area contributed by atoms with Gasteiger partial charge in [-0.2, -0.15) is 0 Å². The lowest BCUT2D eigenvalue weighted by Gasteiger charge is -2.37. The van der Waals surface area contributed by atoms with E-state index in [1.807, 2.05) is 13.8 Å². The van der Waals surface area contributed by atoms with Crippen molar-refractivity contribution in [3.05, 3.63) is 34.6 Å². The van der Waals surface area contributed by atoms with E-state index in [0.29, 0.717) is 12.0 Å². The van der Waals surface area contributed by atoms with Gasteiger partial charge >= 0.3 is 0 Å². The van der Waals surface area contributed by atoms with Gasteiger partial charge in [-0.15, -0.1) is 0 Å². The van der Waals surface area contributed by atoms with Crippen LogP contribution < -0.4 is 0 Å². The molecule has 0 aliphatic heterocycles. The van der Waals surface area contributed by atoms with E-state index in [0.717, 1.165) is 19.3 Å². The third kappa shape index (κ3) is 2.21. The molecule has 94 valence electrons. The molecular formula is C14H18ClFO. The van der Waals surface area contributed by atoms with Gasteiger partial charge in [-0.3, -0.25) is 0 Å². The van der Waals surface area contributed by atoms with Crippen molar-refractivity contribution in [1.29, 1.82) is 0 Å². The Kier molecular flexibility index (Phi) is 3.21. The summed E-state index contributed by atoms with van der Waals surface area (Å²) >= 11 is 5.76. The second kappa shape index (κ2) is 4.25. The molecule has 1 unspecified atom stereocenters. The molecule has 1 fully saturated rings. The first kappa shape index (κ1) is 12.8. The van der Waals surface area contributed by atoms with Crippen LogP contribution in [0.25, 0.3) is 0 Å². The second-order valence-corrected chi connectivity index (χ2v) is 6.07. The van der Waals surface area contributed by atoms with Gasteiger partial charge in [0, 0.05) is 6.42 Å². The van der Waals surface area contributed by atoms with Crippen molar-refractivity contribution in [2.24, 2.45) is 5.41 Å². The Morgan fingerprint density at radius 2 is 2.06 bits per heavy atom. The lowest BCUT2D eigenvalue weighted by atomic mass is 9.74. The minimum Gasteiger partial charge on any atom is -0.389 e. The molecule has 0 amide bonds. The molecule has 0 bridgehead atoms. The topological polar surface area (TPSA) is 20.2 Å². The molecular weight excluding hydrogens is 239 g/mol. The van der Waals surface area contributed by atoms with Gasteiger partial charge < -0.3 is 5.11 Å². The monoisotopic (exact) mass is 256 g/mol. The Hall–Kier alpha value is -0.600. The quantitative estimate of drug-likeness (QED) is 0.849. The van der Waals surface area contributed by atoms with Crippen LogP contribution in [-0.4, -0.2) is 10.7 Å². The highest BCUT2D eigenvalue weighted by molar-refractivity contribution is 6.30. The van der Waals surface area contributed by atoms with Crippen molar-refractivity contribution >= 4 is 11.6 Å². The van der Waals surface area contributed by atoms with E-state index in [4.69, 9.17) is 11.6 Å². The molecule has 0 spiro atoms. The molecule has 0 aromatic heterocycles. The van der Waals surface area contributed by atoms with Crippen molar-refractivity contribution in [3.8, 4) is 0 Å². The number of hydrogen-bond donors (Lipinski definition) is 1. The average molecular weight is 257 g/mol. The summed E-state index contributed by atoms with van der Waals surface area (Å²) in [6.45, 7) is 4.09. The first-order chi connectivity index (χ1) is 7.86. The van der Waals surface area contributed by atoms with Crippen LogP contribution >= 0.6 is 11.6 Å². The lowest BCUT2D eigenvalue weighted by molar-refractivity contribution is -0.0425. The summed E-state index contributed by atoms with van der Waals surface area (Å²) in [5.41, 5.74) is -0.477. The molecule has 0 heterocycles. The predicted octanol–water partition coefficient (Wildman–Crippen LogP) is 3.96. The fraction of sp³-hybridized carbons (Fsp3) is 0.571. The summed E-state index contributed by atoms with van der Waals surface area (Å²) in [7, 11) is 0. The largest absolute Gasteiger partial charge is 0.389 e. The van der Waals surface area contributed by atoms with Crippen LogP contribution in [0.2, 0.25) is 5.02 Å². The molecule has 0 radical (unpaired) electrons. The summed E-state index contributed by atoms with van der Waals surface area (Å²) in [4.78, 5) is 0. The molecule has 0 saturated heterocycles. The molecule has 1 atom stereocenters. The number of rotatable bonds is 2. The maximum absolute atomic E-state index is 13.8. The summed E-state index contributed by atoms with van der Waals surface area (Å²) < 4.78 is 13.8. The van der Waals surface area contributed by atoms with Gasteiger partial charge in [0.1, 0.15) is 5.82 Å². The van der Waals surface area contributed by atoms with E-state index < -0.39 is 11.4 Å². The van der Waals surface area contributed by atoms with Crippen LogP contribution in [-0.2, 0) is 6.42 Å². The van der Waals surface area contributed by atoms with E-state index >= 15 is 0 Å². The zero-order valence-corrected chi connectivity index (χ0v) is 11.0. The first-order valence-corrected chi connectivity index (χ1v) is 6.39.